The van der Waals surface area contributed by atoms with E-state index in [0.717, 1.165) is 6.07 Å². The second-order valence-corrected chi connectivity index (χ2v) is 5.86. The summed E-state index contributed by atoms with van der Waals surface area (Å²) >= 11 is 0.662. The first-order valence-electron chi connectivity index (χ1n) is 6.77. The highest BCUT2D eigenvalue weighted by Gasteiger charge is 2.29. The van der Waals surface area contributed by atoms with Crippen LogP contribution in [0, 0.1) is 6.92 Å². The van der Waals surface area contributed by atoms with Gasteiger partial charge in [-0.25, -0.2) is 0 Å². The number of halogens is 3. The maximum atomic E-state index is 12.3. The lowest BCUT2D eigenvalue weighted by Crippen LogP contribution is -2.15. The Hall–Kier alpha value is -2.42. The highest BCUT2D eigenvalue weighted by Crippen LogP contribution is 2.27. The van der Waals surface area contributed by atoms with Crippen molar-refractivity contribution in [2.75, 3.05) is 5.32 Å². The lowest BCUT2D eigenvalue weighted by molar-refractivity contribution is -0.132. The molecule has 0 spiro atoms. The van der Waals surface area contributed by atoms with Gasteiger partial charge in [0, 0.05) is 11.8 Å². The number of alkyl halides is 3. The molecule has 0 bridgehead atoms. The normalized spacial score (nSPS) is 11.2. The number of ether oxygens (including phenoxy) is 1. The first-order chi connectivity index (χ1) is 11.2. The Kier molecular flexibility index (Phi) is 5.23. The molecule has 5 nitrogen and oxygen atoms in total. The molecular weight excluding hydrogens is 345 g/mol. The van der Waals surface area contributed by atoms with Crippen LogP contribution in [0.1, 0.15) is 27.7 Å². The van der Waals surface area contributed by atoms with E-state index in [0.29, 0.717) is 17.1 Å². The van der Waals surface area contributed by atoms with Gasteiger partial charge in [0.2, 0.25) is 0 Å². The molecule has 0 unspecified atom stereocenters. The van der Waals surface area contributed by atoms with Crippen LogP contribution in [0.15, 0.2) is 24.3 Å². The molecule has 1 aromatic carbocycles. The summed E-state index contributed by atoms with van der Waals surface area (Å²) in [6, 6.07) is 5.88. The summed E-state index contributed by atoms with van der Waals surface area (Å²) in [4.78, 5) is 23.5. The average Bonchev–Trinajstić information content (AvgIpc) is 2.85. The van der Waals surface area contributed by atoms with Crippen LogP contribution in [0.3, 0.4) is 0 Å². The van der Waals surface area contributed by atoms with Gasteiger partial charge in [-0.15, -0.1) is 0 Å². The van der Waals surface area contributed by atoms with Crippen molar-refractivity contribution in [3.05, 3.63) is 40.3 Å². The summed E-state index contributed by atoms with van der Waals surface area (Å²) in [7, 11) is 0. The fraction of sp³-hybridized carbons (Fsp3) is 0.267. The lowest BCUT2D eigenvalue weighted by Gasteiger charge is -2.11. The van der Waals surface area contributed by atoms with Crippen LogP contribution < -0.4 is 10.1 Å². The average molecular weight is 358 g/mol. The number of anilines is 1. The molecule has 0 saturated heterocycles. The van der Waals surface area contributed by atoms with E-state index in [1.807, 2.05) is 0 Å². The number of hydrogen-bond acceptors (Lipinski definition) is 5. The van der Waals surface area contributed by atoms with Crippen LogP contribution in [0.2, 0.25) is 0 Å². The van der Waals surface area contributed by atoms with Crippen molar-refractivity contribution in [2.24, 2.45) is 0 Å². The van der Waals surface area contributed by atoms with Crippen LogP contribution >= 0.6 is 11.5 Å². The fourth-order valence-electron chi connectivity index (χ4n) is 1.95. The maximum Gasteiger partial charge on any atom is 0.393 e. The SMILES string of the molecule is CC(=O)Oc1c(C)cccc1C(=O)Nc1cc(CC(F)(F)F)sn1. The molecule has 2 rings (SSSR count). The third kappa shape index (κ3) is 4.79. The summed E-state index contributed by atoms with van der Waals surface area (Å²) in [5.74, 6) is -1.09. The highest BCUT2D eigenvalue weighted by atomic mass is 32.1. The fourth-order valence-corrected chi connectivity index (χ4v) is 2.65. The number of nitrogens with zero attached hydrogens (tertiary/aromatic N) is 1. The van der Waals surface area contributed by atoms with Crippen LogP contribution in [-0.2, 0) is 11.2 Å². The Bertz CT molecular complexity index is 772. The Morgan fingerprint density at radius 2 is 2.04 bits per heavy atom. The molecule has 0 aliphatic heterocycles. The Morgan fingerprint density at radius 3 is 2.67 bits per heavy atom. The third-order valence-corrected chi connectivity index (χ3v) is 3.66. The van der Waals surface area contributed by atoms with Crippen molar-refractivity contribution in [3.8, 4) is 5.75 Å². The van der Waals surface area contributed by atoms with Gasteiger partial charge in [-0.3, -0.25) is 9.59 Å². The predicted octanol–water partition coefficient (Wildman–Crippen LogP) is 3.73. The highest BCUT2D eigenvalue weighted by molar-refractivity contribution is 7.06. The molecule has 0 aliphatic rings. The molecule has 1 N–H and O–H groups in total. The number of amides is 1. The minimum Gasteiger partial charge on any atom is -0.426 e. The van der Waals surface area contributed by atoms with E-state index in [1.165, 1.54) is 13.0 Å². The molecule has 1 heterocycles. The minimum atomic E-state index is -4.34. The van der Waals surface area contributed by atoms with E-state index in [2.05, 4.69) is 9.69 Å². The van der Waals surface area contributed by atoms with E-state index in [-0.39, 0.29) is 22.0 Å². The van der Waals surface area contributed by atoms with Gasteiger partial charge < -0.3 is 10.1 Å². The van der Waals surface area contributed by atoms with Gasteiger partial charge in [0.1, 0.15) is 11.6 Å². The van der Waals surface area contributed by atoms with Gasteiger partial charge in [0.25, 0.3) is 5.91 Å². The van der Waals surface area contributed by atoms with E-state index >= 15 is 0 Å². The van der Waals surface area contributed by atoms with Gasteiger partial charge in [0.05, 0.1) is 12.0 Å². The largest absolute Gasteiger partial charge is 0.426 e. The van der Waals surface area contributed by atoms with Crippen LogP contribution in [0.5, 0.6) is 5.75 Å². The topological polar surface area (TPSA) is 68.3 Å². The molecule has 2 aromatic rings. The van der Waals surface area contributed by atoms with Crippen molar-refractivity contribution in [1.29, 1.82) is 0 Å². The van der Waals surface area contributed by atoms with Crippen molar-refractivity contribution in [1.82, 2.24) is 4.37 Å². The molecular formula is C15H13F3N2O3S. The second-order valence-electron chi connectivity index (χ2n) is 4.97. The smallest absolute Gasteiger partial charge is 0.393 e. The summed E-state index contributed by atoms with van der Waals surface area (Å²) in [6.45, 7) is 2.87. The minimum absolute atomic E-state index is 0.0118. The Labute approximate surface area is 139 Å². The van der Waals surface area contributed by atoms with Gasteiger partial charge in [-0.05, 0) is 36.2 Å². The van der Waals surface area contributed by atoms with Crippen molar-refractivity contribution < 1.29 is 27.5 Å². The molecule has 9 heteroatoms. The van der Waals surface area contributed by atoms with Crippen molar-refractivity contribution in [3.63, 3.8) is 0 Å². The molecule has 0 atom stereocenters. The number of esters is 1. The number of benzene rings is 1. The summed E-state index contributed by atoms with van der Waals surface area (Å²) in [5, 5.41) is 2.41. The summed E-state index contributed by atoms with van der Waals surface area (Å²) in [6.07, 6.45) is -5.45. The quantitative estimate of drug-likeness (QED) is 0.668. The number of para-hydroxylation sites is 1. The molecule has 24 heavy (non-hydrogen) atoms. The molecule has 0 saturated carbocycles. The number of rotatable bonds is 4. The molecule has 0 aliphatic carbocycles. The number of aromatic nitrogens is 1. The van der Waals surface area contributed by atoms with E-state index in [9.17, 15) is 22.8 Å². The van der Waals surface area contributed by atoms with E-state index in [4.69, 9.17) is 4.74 Å². The maximum absolute atomic E-state index is 12.3. The summed E-state index contributed by atoms with van der Waals surface area (Å²) in [5.41, 5.74) is 0.671. The van der Waals surface area contributed by atoms with Crippen molar-refractivity contribution in [2.45, 2.75) is 26.4 Å². The number of carbonyl (C=O) groups excluding carboxylic acids is 2. The molecule has 1 aromatic heterocycles. The molecule has 0 fully saturated rings. The van der Waals surface area contributed by atoms with Gasteiger partial charge >= 0.3 is 12.1 Å². The lowest BCUT2D eigenvalue weighted by atomic mass is 10.1. The monoisotopic (exact) mass is 358 g/mol. The second kappa shape index (κ2) is 7.00. The molecule has 128 valence electrons. The number of hydrogen-bond donors (Lipinski definition) is 1. The standard InChI is InChI=1S/C15H13F3N2O3S/c1-8-4-3-5-11(13(8)23-9(2)21)14(22)19-12-6-10(24-20-12)7-15(16,17)18/h3-6H,7H2,1-2H3,(H,19,20,22). The molecule has 1 amide bonds. The van der Waals surface area contributed by atoms with Gasteiger partial charge in [0.15, 0.2) is 0 Å². The zero-order valence-corrected chi connectivity index (χ0v) is 13.5. The number of aryl methyl sites for hydroxylation is 1. The number of carbonyl (C=O) groups is 2. The first kappa shape index (κ1) is 17.9. The zero-order valence-electron chi connectivity index (χ0n) is 12.7. The van der Waals surface area contributed by atoms with Gasteiger partial charge in [-0.2, -0.15) is 17.5 Å². The van der Waals surface area contributed by atoms with E-state index < -0.39 is 24.5 Å². The van der Waals surface area contributed by atoms with Crippen LogP contribution in [0.25, 0.3) is 0 Å². The Balaban J connectivity index is 2.19. The van der Waals surface area contributed by atoms with E-state index in [1.54, 1.807) is 19.1 Å². The van der Waals surface area contributed by atoms with Crippen LogP contribution in [0.4, 0.5) is 19.0 Å². The summed E-state index contributed by atoms with van der Waals surface area (Å²) < 4.78 is 45.8. The first-order valence-corrected chi connectivity index (χ1v) is 7.55. The molecule has 0 radical (unpaired) electrons. The Morgan fingerprint density at radius 1 is 1.33 bits per heavy atom. The van der Waals surface area contributed by atoms with Crippen LogP contribution in [-0.4, -0.2) is 22.4 Å². The predicted molar refractivity (Wildman–Crippen MR) is 82.3 cm³/mol. The van der Waals surface area contributed by atoms with Crippen molar-refractivity contribution >= 4 is 29.2 Å². The zero-order chi connectivity index (χ0) is 17.9. The third-order valence-electron chi connectivity index (χ3n) is 2.88. The van der Waals surface area contributed by atoms with Gasteiger partial charge in [-0.1, -0.05) is 12.1 Å². The number of nitrogens with one attached hydrogen (secondary N) is 1.